The number of ether oxygens (including phenoxy) is 1. The Balaban J connectivity index is 1.47. The third-order valence-corrected chi connectivity index (χ3v) is 6.25. The minimum Gasteiger partial charge on any atom is -0.492 e. The van der Waals surface area contributed by atoms with Gasteiger partial charge in [0.25, 0.3) is 5.69 Å². The van der Waals surface area contributed by atoms with E-state index >= 15 is 0 Å². The van der Waals surface area contributed by atoms with Crippen LogP contribution in [0.15, 0.2) is 41.6 Å². The maximum absolute atomic E-state index is 12.2. The van der Waals surface area contributed by atoms with Crippen molar-refractivity contribution in [3.8, 4) is 5.75 Å². The number of nitro benzene ring substituents is 1. The fourth-order valence-corrected chi connectivity index (χ4v) is 4.13. The Morgan fingerprint density at radius 1 is 1.18 bits per heavy atom. The third-order valence-electron chi connectivity index (χ3n) is 4.38. The summed E-state index contributed by atoms with van der Waals surface area (Å²) in [5, 5.41) is 23.4. The van der Waals surface area contributed by atoms with Crippen LogP contribution in [0.4, 0.5) is 11.4 Å². The zero-order chi connectivity index (χ0) is 24.0. The second kappa shape index (κ2) is 11.6. The van der Waals surface area contributed by atoms with E-state index in [1.54, 1.807) is 22.8 Å². The number of nitrogens with one attached hydrogen (secondary N) is 1. The Labute approximate surface area is 208 Å². The second-order valence-electron chi connectivity index (χ2n) is 6.74. The summed E-state index contributed by atoms with van der Waals surface area (Å²) in [7, 11) is 1.81. The molecule has 2 aromatic carbocycles. The highest BCUT2D eigenvalue weighted by molar-refractivity contribution is 7.99. The summed E-state index contributed by atoms with van der Waals surface area (Å²) in [6.45, 7) is 0.437. The van der Waals surface area contributed by atoms with Gasteiger partial charge in [-0.15, -0.1) is 10.2 Å². The van der Waals surface area contributed by atoms with E-state index in [0.717, 1.165) is 5.82 Å². The van der Waals surface area contributed by atoms with E-state index in [4.69, 9.17) is 39.5 Å². The van der Waals surface area contributed by atoms with Crippen LogP contribution in [0.25, 0.3) is 0 Å². The second-order valence-corrected chi connectivity index (χ2v) is 8.94. The van der Waals surface area contributed by atoms with Crippen LogP contribution in [-0.2, 0) is 18.3 Å². The molecule has 0 unspecified atom stereocenters. The number of nitro groups is 1. The lowest BCUT2D eigenvalue weighted by atomic mass is 10.3. The lowest BCUT2D eigenvalue weighted by Crippen LogP contribution is -2.14. The smallest absolute Gasteiger partial charge is 0.289 e. The molecule has 0 radical (unpaired) electrons. The van der Waals surface area contributed by atoms with Crippen molar-refractivity contribution in [1.29, 1.82) is 0 Å². The van der Waals surface area contributed by atoms with Gasteiger partial charge in [-0.1, -0.05) is 46.6 Å². The summed E-state index contributed by atoms with van der Waals surface area (Å²) in [6, 6.07) is 9.12. The molecule has 0 spiro atoms. The van der Waals surface area contributed by atoms with Gasteiger partial charge in [0.2, 0.25) is 5.91 Å². The first-order valence-electron chi connectivity index (χ1n) is 9.57. The van der Waals surface area contributed by atoms with Gasteiger partial charge in [0.15, 0.2) is 5.16 Å². The van der Waals surface area contributed by atoms with Crippen molar-refractivity contribution in [1.82, 2.24) is 14.8 Å². The molecule has 0 aliphatic carbocycles. The van der Waals surface area contributed by atoms with E-state index in [1.807, 2.05) is 7.05 Å². The van der Waals surface area contributed by atoms with Crippen LogP contribution in [-0.4, -0.2) is 38.0 Å². The predicted octanol–water partition coefficient (Wildman–Crippen LogP) is 5.43. The Kier molecular flexibility index (Phi) is 8.79. The molecular formula is C20H18Cl3N5O4S. The predicted molar refractivity (Wildman–Crippen MR) is 129 cm³/mol. The van der Waals surface area contributed by atoms with Crippen molar-refractivity contribution in [3.05, 3.63) is 67.4 Å². The number of hydrogen-bond donors (Lipinski definition) is 1. The van der Waals surface area contributed by atoms with Gasteiger partial charge in [-0.25, -0.2) is 0 Å². The molecule has 0 atom stereocenters. The zero-order valence-electron chi connectivity index (χ0n) is 17.3. The summed E-state index contributed by atoms with van der Waals surface area (Å²) >= 11 is 18.9. The quantitative estimate of drug-likeness (QED) is 0.161. The van der Waals surface area contributed by atoms with Gasteiger partial charge >= 0.3 is 0 Å². The number of hydrogen-bond acceptors (Lipinski definition) is 7. The maximum Gasteiger partial charge on any atom is 0.289 e. The number of benzene rings is 2. The highest BCUT2D eigenvalue weighted by Gasteiger charge is 2.15. The van der Waals surface area contributed by atoms with Crippen molar-refractivity contribution in [2.75, 3.05) is 17.7 Å². The number of aromatic nitrogens is 3. The molecule has 0 aliphatic rings. The molecule has 1 N–H and O–H groups in total. The lowest BCUT2D eigenvalue weighted by molar-refractivity contribution is -0.384. The number of aryl methyl sites for hydroxylation is 1. The standard InChI is InChI=1S/C20H18Cl3N5O4S/c1-27-18(3-2-8-32-17-7-4-12(21)9-15(17)23)25-26-20(27)33-11-19(29)24-13-5-6-14(22)16(10-13)28(30)31/h4-7,9-10H,2-3,8,11H2,1H3,(H,24,29). The number of carbonyl (C=O) groups excluding carboxylic acids is 1. The van der Waals surface area contributed by atoms with Crippen molar-refractivity contribution in [2.45, 2.75) is 18.0 Å². The molecule has 3 aromatic rings. The van der Waals surface area contributed by atoms with Gasteiger partial charge in [-0.2, -0.15) is 0 Å². The largest absolute Gasteiger partial charge is 0.492 e. The number of carbonyl (C=O) groups is 1. The summed E-state index contributed by atoms with van der Waals surface area (Å²) in [6.07, 6.45) is 1.31. The van der Waals surface area contributed by atoms with E-state index in [1.165, 1.54) is 30.0 Å². The Morgan fingerprint density at radius 3 is 2.70 bits per heavy atom. The minimum atomic E-state index is -0.608. The number of nitrogens with zero attached hydrogens (tertiary/aromatic N) is 4. The highest BCUT2D eigenvalue weighted by atomic mass is 35.5. The van der Waals surface area contributed by atoms with Crippen LogP contribution >= 0.6 is 46.6 Å². The molecule has 1 heterocycles. The Morgan fingerprint density at radius 2 is 1.97 bits per heavy atom. The van der Waals surface area contributed by atoms with Gasteiger partial charge in [0, 0.05) is 30.2 Å². The molecule has 1 amide bonds. The molecule has 13 heteroatoms. The van der Waals surface area contributed by atoms with Crippen molar-refractivity contribution < 1.29 is 14.5 Å². The zero-order valence-corrected chi connectivity index (χ0v) is 20.3. The van der Waals surface area contributed by atoms with Crippen LogP contribution in [0.2, 0.25) is 15.1 Å². The summed E-state index contributed by atoms with van der Waals surface area (Å²) in [5.74, 6) is 1.03. The number of anilines is 1. The molecule has 0 fully saturated rings. The van der Waals surface area contributed by atoms with Crippen LogP contribution in [0.3, 0.4) is 0 Å². The van der Waals surface area contributed by atoms with Gasteiger partial charge in [0.1, 0.15) is 16.6 Å². The fourth-order valence-electron chi connectivity index (χ4n) is 2.75. The van der Waals surface area contributed by atoms with Crippen molar-refractivity contribution in [3.63, 3.8) is 0 Å². The van der Waals surface area contributed by atoms with E-state index in [2.05, 4.69) is 15.5 Å². The van der Waals surface area contributed by atoms with Crippen LogP contribution in [0.5, 0.6) is 5.75 Å². The molecule has 3 rings (SSSR count). The Bertz CT molecular complexity index is 1170. The molecule has 9 nitrogen and oxygen atoms in total. The highest BCUT2D eigenvalue weighted by Crippen LogP contribution is 2.28. The molecule has 0 bridgehead atoms. The van der Waals surface area contributed by atoms with Crippen molar-refractivity contribution >= 4 is 63.8 Å². The number of thioether (sulfide) groups is 1. The van der Waals surface area contributed by atoms with Crippen LogP contribution < -0.4 is 10.1 Å². The number of rotatable bonds is 10. The van der Waals surface area contributed by atoms with Crippen LogP contribution in [0.1, 0.15) is 12.2 Å². The first kappa shape index (κ1) is 25.1. The molecule has 1 aromatic heterocycles. The molecule has 174 valence electrons. The van der Waals surface area contributed by atoms with Gasteiger partial charge in [0.05, 0.1) is 22.3 Å². The van der Waals surface area contributed by atoms with Gasteiger partial charge < -0.3 is 14.6 Å². The first-order valence-corrected chi connectivity index (χ1v) is 11.7. The van der Waals surface area contributed by atoms with E-state index in [9.17, 15) is 14.9 Å². The molecule has 0 saturated heterocycles. The van der Waals surface area contributed by atoms with E-state index in [0.29, 0.717) is 40.4 Å². The maximum atomic E-state index is 12.2. The minimum absolute atomic E-state index is 0.000603. The summed E-state index contributed by atoms with van der Waals surface area (Å²) in [4.78, 5) is 22.6. The molecule has 33 heavy (non-hydrogen) atoms. The molecule has 0 aliphatic heterocycles. The molecular weight excluding hydrogens is 513 g/mol. The topological polar surface area (TPSA) is 112 Å². The van der Waals surface area contributed by atoms with Crippen molar-refractivity contribution in [2.24, 2.45) is 7.05 Å². The monoisotopic (exact) mass is 529 g/mol. The summed E-state index contributed by atoms with van der Waals surface area (Å²) < 4.78 is 7.48. The number of amides is 1. The third kappa shape index (κ3) is 6.97. The lowest BCUT2D eigenvalue weighted by Gasteiger charge is -2.08. The SMILES string of the molecule is Cn1c(CCCOc2ccc(Cl)cc2Cl)nnc1SCC(=O)Nc1ccc(Cl)c([N+](=O)[O-])c1. The normalized spacial score (nSPS) is 10.8. The first-order chi connectivity index (χ1) is 15.7. The summed E-state index contributed by atoms with van der Waals surface area (Å²) in [5.41, 5.74) is 0.0125. The molecule has 0 saturated carbocycles. The van der Waals surface area contributed by atoms with Gasteiger partial charge in [-0.3, -0.25) is 14.9 Å². The Hall–Kier alpha value is -2.53. The fraction of sp³-hybridized carbons (Fsp3) is 0.250. The van der Waals surface area contributed by atoms with Gasteiger partial charge in [-0.05, 0) is 36.8 Å². The van der Waals surface area contributed by atoms with E-state index in [-0.39, 0.29) is 28.1 Å². The van der Waals surface area contributed by atoms with Crippen LogP contribution in [0, 0.1) is 10.1 Å². The van der Waals surface area contributed by atoms with E-state index < -0.39 is 4.92 Å². The number of halogens is 3. The average Bonchev–Trinajstić information content (AvgIpc) is 3.11. The average molecular weight is 531 g/mol.